The highest BCUT2D eigenvalue weighted by Crippen LogP contribution is 2.18. The molecule has 0 aliphatic carbocycles. The van der Waals surface area contributed by atoms with Gasteiger partial charge >= 0.3 is 0 Å². The molecule has 1 rings (SSSR count). The highest BCUT2D eigenvalue weighted by molar-refractivity contribution is 5.27. The Labute approximate surface area is 109 Å². The summed E-state index contributed by atoms with van der Waals surface area (Å²) >= 11 is 0. The monoisotopic (exact) mass is 243 g/mol. The molecule has 96 valence electrons. The molecule has 0 radical (unpaired) electrons. The maximum Gasteiger partial charge on any atom is 0.0638 e. The first kappa shape index (κ1) is 14.4. The average Bonchev–Trinajstić information content (AvgIpc) is 2.36. The van der Waals surface area contributed by atoms with Crippen LogP contribution in [0.15, 0.2) is 36.9 Å². The van der Waals surface area contributed by atoms with E-state index in [2.05, 4.69) is 36.2 Å². The Kier molecular flexibility index (Phi) is 6.13. The summed E-state index contributed by atoms with van der Waals surface area (Å²) in [5.41, 5.74) is 8.29. The molecule has 0 spiro atoms. The number of hydrogen-bond acceptors (Lipinski definition) is 3. The minimum absolute atomic E-state index is 0.0855. The second-order valence-electron chi connectivity index (χ2n) is 4.44. The number of benzene rings is 1. The molecular weight excluding hydrogens is 222 g/mol. The lowest BCUT2D eigenvalue weighted by Crippen LogP contribution is -2.22. The summed E-state index contributed by atoms with van der Waals surface area (Å²) < 4.78 is 0. The summed E-state index contributed by atoms with van der Waals surface area (Å²) in [5.74, 6) is 0. The number of nitrogens with two attached hydrogens (primary N) is 1. The first-order valence-electron chi connectivity index (χ1n) is 6.20. The van der Waals surface area contributed by atoms with Gasteiger partial charge in [0.15, 0.2) is 0 Å². The van der Waals surface area contributed by atoms with E-state index in [9.17, 15) is 0 Å². The predicted octanol–water partition coefficient (Wildman–Crippen LogP) is 2.31. The van der Waals surface area contributed by atoms with Crippen LogP contribution in [-0.4, -0.2) is 13.1 Å². The molecule has 0 saturated heterocycles. The average molecular weight is 243 g/mol. The van der Waals surface area contributed by atoms with Crippen molar-refractivity contribution in [3.63, 3.8) is 0 Å². The van der Waals surface area contributed by atoms with Gasteiger partial charge in [0.2, 0.25) is 0 Å². The first-order valence-corrected chi connectivity index (χ1v) is 6.20. The quantitative estimate of drug-likeness (QED) is 0.722. The summed E-state index contributed by atoms with van der Waals surface area (Å²) in [6.07, 6.45) is 3.94. The molecule has 0 bridgehead atoms. The van der Waals surface area contributed by atoms with Crippen LogP contribution < -0.4 is 11.1 Å². The molecular formula is C15H21N3. The largest absolute Gasteiger partial charge is 0.326 e. The molecule has 0 aliphatic rings. The fourth-order valence-electron chi connectivity index (χ4n) is 2.02. The van der Waals surface area contributed by atoms with Crippen LogP contribution in [0.5, 0.6) is 0 Å². The Hall–Kier alpha value is -1.63. The highest BCUT2D eigenvalue weighted by atomic mass is 14.9. The molecule has 0 amide bonds. The summed E-state index contributed by atoms with van der Waals surface area (Å²) in [5, 5.41) is 11.9. The predicted molar refractivity (Wildman–Crippen MR) is 75.0 cm³/mol. The molecule has 3 N–H and O–H groups in total. The molecule has 2 atom stereocenters. The van der Waals surface area contributed by atoms with Crippen molar-refractivity contribution in [2.24, 2.45) is 5.73 Å². The van der Waals surface area contributed by atoms with Crippen molar-refractivity contribution in [3.05, 3.63) is 48.0 Å². The molecule has 0 fully saturated rings. The van der Waals surface area contributed by atoms with Gasteiger partial charge in [-0.1, -0.05) is 30.3 Å². The Morgan fingerprint density at radius 3 is 2.94 bits per heavy atom. The van der Waals surface area contributed by atoms with E-state index in [-0.39, 0.29) is 12.1 Å². The molecule has 3 heteroatoms. The van der Waals surface area contributed by atoms with Gasteiger partial charge in [0.05, 0.1) is 12.5 Å². The van der Waals surface area contributed by atoms with E-state index in [1.165, 1.54) is 11.1 Å². The van der Waals surface area contributed by atoms with Gasteiger partial charge in [-0.3, -0.25) is 0 Å². The van der Waals surface area contributed by atoms with E-state index in [1.54, 1.807) is 0 Å². The van der Waals surface area contributed by atoms with Crippen LogP contribution in [0, 0.1) is 11.3 Å². The zero-order chi connectivity index (χ0) is 13.4. The second-order valence-corrected chi connectivity index (χ2v) is 4.44. The molecule has 1 aromatic carbocycles. The zero-order valence-corrected chi connectivity index (χ0v) is 10.9. The maximum absolute atomic E-state index is 8.61. The molecule has 0 heterocycles. The van der Waals surface area contributed by atoms with E-state index in [0.717, 1.165) is 12.8 Å². The normalized spacial score (nSPS) is 13.6. The molecule has 1 aromatic rings. The second kappa shape index (κ2) is 7.65. The van der Waals surface area contributed by atoms with E-state index >= 15 is 0 Å². The summed E-state index contributed by atoms with van der Waals surface area (Å²) in [6, 6.07) is 10.7. The van der Waals surface area contributed by atoms with Crippen molar-refractivity contribution in [2.45, 2.75) is 31.3 Å². The van der Waals surface area contributed by atoms with Crippen LogP contribution in [0.2, 0.25) is 0 Å². The van der Waals surface area contributed by atoms with Crippen molar-refractivity contribution in [3.8, 4) is 6.07 Å². The fourth-order valence-corrected chi connectivity index (χ4v) is 2.02. The van der Waals surface area contributed by atoms with Gasteiger partial charge in [0, 0.05) is 12.1 Å². The standard InChI is InChI=1S/C15H21N3/c1-3-5-15(18-2)13-7-4-6-12(10-13)11-14(17)8-9-16/h3-4,6-7,10,14-15,18H,1,5,8,11,17H2,2H3/t14-,15-/m0/s1. The third-order valence-corrected chi connectivity index (χ3v) is 2.96. The van der Waals surface area contributed by atoms with Crippen LogP contribution in [0.3, 0.4) is 0 Å². The summed E-state index contributed by atoms with van der Waals surface area (Å²) in [4.78, 5) is 0. The molecule has 0 aliphatic heterocycles. The Morgan fingerprint density at radius 2 is 2.33 bits per heavy atom. The van der Waals surface area contributed by atoms with E-state index < -0.39 is 0 Å². The molecule has 0 aromatic heterocycles. The smallest absolute Gasteiger partial charge is 0.0638 e. The number of nitrogens with zero attached hydrogens (tertiary/aromatic N) is 1. The number of rotatable bonds is 7. The third kappa shape index (κ3) is 4.33. The zero-order valence-electron chi connectivity index (χ0n) is 10.9. The van der Waals surface area contributed by atoms with Crippen LogP contribution in [-0.2, 0) is 6.42 Å². The lowest BCUT2D eigenvalue weighted by atomic mass is 9.98. The first-order chi connectivity index (χ1) is 8.71. The lowest BCUT2D eigenvalue weighted by molar-refractivity contribution is 0.601. The van der Waals surface area contributed by atoms with Crippen molar-refractivity contribution in [2.75, 3.05) is 7.05 Å². The topological polar surface area (TPSA) is 61.8 Å². The van der Waals surface area contributed by atoms with Crippen molar-refractivity contribution >= 4 is 0 Å². The summed E-state index contributed by atoms with van der Waals surface area (Å²) in [7, 11) is 1.95. The SMILES string of the molecule is C=CC[C@H](NC)c1cccc(C[C@@H](N)CC#N)c1. The van der Waals surface area contributed by atoms with Gasteiger partial charge in [-0.25, -0.2) is 0 Å². The molecule has 3 nitrogen and oxygen atoms in total. The van der Waals surface area contributed by atoms with Gasteiger partial charge in [-0.15, -0.1) is 6.58 Å². The van der Waals surface area contributed by atoms with Crippen molar-refractivity contribution in [1.29, 1.82) is 5.26 Å². The fraction of sp³-hybridized carbons (Fsp3) is 0.400. The molecule has 0 unspecified atom stereocenters. The van der Waals surface area contributed by atoms with Crippen LogP contribution in [0.1, 0.15) is 30.0 Å². The Balaban J connectivity index is 2.78. The van der Waals surface area contributed by atoms with Gasteiger partial charge in [-0.2, -0.15) is 5.26 Å². The molecule has 0 saturated carbocycles. The minimum Gasteiger partial charge on any atom is -0.326 e. The van der Waals surface area contributed by atoms with Crippen LogP contribution in [0.4, 0.5) is 0 Å². The van der Waals surface area contributed by atoms with E-state index in [1.807, 2.05) is 19.2 Å². The van der Waals surface area contributed by atoms with Crippen LogP contribution in [0.25, 0.3) is 0 Å². The van der Waals surface area contributed by atoms with E-state index in [0.29, 0.717) is 6.42 Å². The third-order valence-electron chi connectivity index (χ3n) is 2.96. The maximum atomic E-state index is 8.61. The van der Waals surface area contributed by atoms with Crippen molar-refractivity contribution < 1.29 is 0 Å². The van der Waals surface area contributed by atoms with E-state index in [4.69, 9.17) is 11.0 Å². The van der Waals surface area contributed by atoms with Gasteiger partial charge in [-0.05, 0) is 31.0 Å². The minimum atomic E-state index is -0.0855. The Bertz CT molecular complexity index is 420. The number of nitriles is 1. The van der Waals surface area contributed by atoms with Crippen molar-refractivity contribution in [1.82, 2.24) is 5.32 Å². The van der Waals surface area contributed by atoms with Gasteiger partial charge < -0.3 is 11.1 Å². The van der Waals surface area contributed by atoms with Gasteiger partial charge in [0.1, 0.15) is 0 Å². The molecule has 18 heavy (non-hydrogen) atoms. The number of hydrogen-bond donors (Lipinski definition) is 2. The highest BCUT2D eigenvalue weighted by Gasteiger charge is 2.09. The van der Waals surface area contributed by atoms with Crippen LogP contribution >= 0.6 is 0 Å². The lowest BCUT2D eigenvalue weighted by Gasteiger charge is -2.16. The number of nitrogens with one attached hydrogen (secondary N) is 1. The Morgan fingerprint density at radius 1 is 1.56 bits per heavy atom. The van der Waals surface area contributed by atoms with Gasteiger partial charge in [0.25, 0.3) is 0 Å². The summed E-state index contributed by atoms with van der Waals surface area (Å²) in [6.45, 7) is 3.77.